The van der Waals surface area contributed by atoms with Crippen LogP contribution in [0.5, 0.6) is 0 Å². The van der Waals surface area contributed by atoms with Crippen LogP contribution in [-0.4, -0.2) is 5.54 Å². The molecule has 2 aliphatic carbocycles. The van der Waals surface area contributed by atoms with Gasteiger partial charge in [0.2, 0.25) is 0 Å². The lowest BCUT2D eigenvalue weighted by atomic mass is 9.74. The Kier molecular flexibility index (Phi) is 1.99. The van der Waals surface area contributed by atoms with Gasteiger partial charge in [-0.1, -0.05) is 20.8 Å². The fraction of sp³-hybridized carbons (Fsp3) is 1.00. The lowest BCUT2D eigenvalue weighted by molar-refractivity contribution is 0.196. The highest BCUT2D eigenvalue weighted by Gasteiger charge is 2.51. The first-order valence-corrected chi connectivity index (χ1v) is 5.73. The minimum absolute atomic E-state index is 0.191. The first-order valence-electron chi connectivity index (χ1n) is 5.73. The van der Waals surface area contributed by atoms with Gasteiger partial charge in [0.05, 0.1) is 0 Å². The molecule has 0 bridgehead atoms. The summed E-state index contributed by atoms with van der Waals surface area (Å²) in [7, 11) is 0. The van der Waals surface area contributed by atoms with Crippen molar-refractivity contribution in [1.82, 2.24) is 0 Å². The average molecular weight is 181 g/mol. The number of nitrogens with two attached hydrogens (primary N) is 1. The molecule has 2 rings (SSSR count). The Morgan fingerprint density at radius 1 is 1.38 bits per heavy atom. The molecule has 1 heteroatoms. The molecule has 0 radical (unpaired) electrons. The van der Waals surface area contributed by atoms with Crippen molar-refractivity contribution in [2.24, 2.45) is 23.0 Å². The highest BCUT2D eigenvalue weighted by atomic mass is 14.9. The van der Waals surface area contributed by atoms with E-state index < -0.39 is 0 Å². The highest BCUT2D eigenvalue weighted by molar-refractivity contribution is 5.09. The Balaban J connectivity index is 1.91. The minimum Gasteiger partial charge on any atom is -0.325 e. The van der Waals surface area contributed by atoms with Crippen LogP contribution in [0.25, 0.3) is 0 Å². The predicted octanol–water partition coefficient (Wildman–Crippen LogP) is 2.94. The SMILES string of the molecule is CC(CC(C)(C)C1(N)CC1)C1CC1. The topological polar surface area (TPSA) is 26.0 Å². The van der Waals surface area contributed by atoms with Crippen molar-refractivity contribution in [2.45, 2.75) is 58.4 Å². The van der Waals surface area contributed by atoms with E-state index >= 15 is 0 Å². The van der Waals surface area contributed by atoms with Gasteiger partial charge in [-0.05, 0) is 49.4 Å². The monoisotopic (exact) mass is 181 g/mol. The van der Waals surface area contributed by atoms with Gasteiger partial charge in [0, 0.05) is 5.54 Å². The summed E-state index contributed by atoms with van der Waals surface area (Å²) in [6.07, 6.45) is 6.76. The van der Waals surface area contributed by atoms with Gasteiger partial charge in [-0.15, -0.1) is 0 Å². The maximum Gasteiger partial charge on any atom is 0.0207 e. The molecule has 2 N–H and O–H groups in total. The number of hydrogen-bond acceptors (Lipinski definition) is 1. The van der Waals surface area contributed by atoms with Crippen LogP contribution in [0, 0.1) is 17.3 Å². The molecule has 1 unspecified atom stereocenters. The third kappa shape index (κ3) is 1.76. The summed E-state index contributed by atoms with van der Waals surface area (Å²) >= 11 is 0. The van der Waals surface area contributed by atoms with Gasteiger partial charge in [0.15, 0.2) is 0 Å². The van der Waals surface area contributed by atoms with Gasteiger partial charge >= 0.3 is 0 Å². The van der Waals surface area contributed by atoms with E-state index in [4.69, 9.17) is 5.73 Å². The molecular weight excluding hydrogens is 158 g/mol. The maximum absolute atomic E-state index is 6.29. The molecule has 2 saturated carbocycles. The zero-order chi connectivity index (χ0) is 9.69. The quantitative estimate of drug-likeness (QED) is 0.709. The first-order chi connectivity index (χ1) is 5.95. The Hall–Kier alpha value is -0.0400. The number of rotatable bonds is 4. The van der Waals surface area contributed by atoms with Gasteiger partial charge in [-0.3, -0.25) is 0 Å². The molecule has 0 aromatic rings. The lowest BCUT2D eigenvalue weighted by Gasteiger charge is -2.34. The molecule has 2 fully saturated rings. The fourth-order valence-corrected chi connectivity index (χ4v) is 2.65. The molecular formula is C12H23N. The molecule has 0 aromatic carbocycles. The summed E-state index contributed by atoms with van der Waals surface area (Å²) in [6.45, 7) is 7.13. The van der Waals surface area contributed by atoms with E-state index in [1.165, 1.54) is 32.1 Å². The summed E-state index contributed by atoms with van der Waals surface area (Å²) in [4.78, 5) is 0. The molecule has 0 aromatic heterocycles. The van der Waals surface area contributed by atoms with Crippen molar-refractivity contribution in [2.75, 3.05) is 0 Å². The van der Waals surface area contributed by atoms with Crippen LogP contribution in [0.15, 0.2) is 0 Å². The summed E-state index contributed by atoms with van der Waals surface area (Å²) < 4.78 is 0. The normalized spacial score (nSPS) is 28.6. The van der Waals surface area contributed by atoms with Crippen LogP contribution in [0.4, 0.5) is 0 Å². The second-order valence-electron chi connectivity index (χ2n) is 6.06. The average Bonchev–Trinajstić information content (AvgIpc) is 2.77. The number of hydrogen-bond donors (Lipinski definition) is 1. The molecule has 0 spiro atoms. The molecule has 0 heterocycles. The van der Waals surface area contributed by atoms with Crippen LogP contribution in [0.3, 0.4) is 0 Å². The molecule has 13 heavy (non-hydrogen) atoms. The van der Waals surface area contributed by atoms with Crippen molar-refractivity contribution >= 4 is 0 Å². The van der Waals surface area contributed by atoms with Crippen LogP contribution in [0.2, 0.25) is 0 Å². The largest absolute Gasteiger partial charge is 0.325 e. The molecule has 1 atom stereocenters. The molecule has 0 aliphatic heterocycles. The minimum atomic E-state index is 0.191. The van der Waals surface area contributed by atoms with Crippen molar-refractivity contribution in [3.05, 3.63) is 0 Å². The van der Waals surface area contributed by atoms with E-state index in [2.05, 4.69) is 20.8 Å². The Labute approximate surface area is 82.1 Å². The standard InChI is InChI=1S/C12H23N/c1-9(10-4-5-10)8-11(2,3)12(13)6-7-12/h9-10H,4-8,13H2,1-3H3. The summed E-state index contributed by atoms with van der Waals surface area (Å²) in [5.74, 6) is 1.93. The van der Waals surface area contributed by atoms with E-state index in [-0.39, 0.29) is 5.54 Å². The fourth-order valence-electron chi connectivity index (χ4n) is 2.65. The Morgan fingerprint density at radius 2 is 1.92 bits per heavy atom. The van der Waals surface area contributed by atoms with Crippen molar-refractivity contribution in [3.63, 3.8) is 0 Å². The van der Waals surface area contributed by atoms with Crippen molar-refractivity contribution < 1.29 is 0 Å². The van der Waals surface area contributed by atoms with Crippen molar-refractivity contribution in [3.8, 4) is 0 Å². The summed E-state index contributed by atoms with van der Waals surface area (Å²) in [5, 5.41) is 0. The van der Waals surface area contributed by atoms with E-state index in [1.54, 1.807) is 0 Å². The third-order valence-electron chi connectivity index (χ3n) is 4.40. The second kappa shape index (κ2) is 2.73. The zero-order valence-corrected chi connectivity index (χ0v) is 9.27. The van der Waals surface area contributed by atoms with Crippen molar-refractivity contribution in [1.29, 1.82) is 0 Å². The summed E-state index contributed by atoms with van der Waals surface area (Å²) in [6, 6.07) is 0. The first kappa shape index (κ1) is 9.51. The molecule has 0 amide bonds. The predicted molar refractivity (Wildman–Crippen MR) is 56.4 cm³/mol. The molecule has 2 aliphatic rings. The second-order valence-corrected chi connectivity index (χ2v) is 6.06. The van der Waals surface area contributed by atoms with E-state index in [9.17, 15) is 0 Å². The van der Waals surface area contributed by atoms with E-state index in [1.807, 2.05) is 0 Å². The van der Waals surface area contributed by atoms with Gasteiger partial charge in [-0.25, -0.2) is 0 Å². The maximum atomic E-state index is 6.29. The molecule has 76 valence electrons. The Morgan fingerprint density at radius 3 is 2.31 bits per heavy atom. The van der Waals surface area contributed by atoms with E-state index in [0.717, 1.165) is 11.8 Å². The van der Waals surface area contributed by atoms with Gasteiger partial charge in [0.1, 0.15) is 0 Å². The van der Waals surface area contributed by atoms with E-state index in [0.29, 0.717) is 5.41 Å². The molecule has 0 saturated heterocycles. The molecule has 1 nitrogen and oxygen atoms in total. The van der Waals surface area contributed by atoms with Gasteiger partial charge in [-0.2, -0.15) is 0 Å². The third-order valence-corrected chi connectivity index (χ3v) is 4.40. The van der Waals surface area contributed by atoms with Crippen LogP contribution >= 0.6 is 0 Å². The van der Waals surface area contributed by atoms with Crippen LogP contribution in [0.1, 0.15) is 52.9 Å². The lowest BCUT2D eigenvalue weighted by Crippen LogP contribution is -2.41. The van der Waals surface area contributed by atoms with Gasteiger partial charge < -0.3 is 5.73 Å². The van der Waals surface area contributed by atoms with Crippen LogP contribution < -0.4 is 5.73 Å². The zero-order valence-electron chi connectivity index (χ0n) is 9.27. The summed E-state index contributed by atoms with van der Waals surface area (Å²) in [5.41, 5.74) is 6.85. The van der Waals surface area contributed by atoms with Crippen LogP contribution in [-0.2, 0) is 0 Å². The smallest absolute Gasteiger partial charge is 0.0207 e. The Bertz CT molecular complexity index is 199. The van der Waals surface area contributed by atoms with Gasteiger partial charge in [0.25, 0.3) is 0 Å². The highest BCUT2D eigenvalue weighted by Crippen LogP contribution is 2.53.